The Hall–Kier alpha value is -0.940. The molecule has 0 amide bonds. The zero-order chi connectivity index (χ0) is 14.7. The molecule has 116 valence electrons. The van der Waals surface area contributed by atoms with E-state index in [0.29, 0.717) is 0 Å². The average Bonchev–Trinajstić information content (AvgIpc) is 3.01. The van der Waals surface area contributed by atoms with Gasteiger partial charge in [0.25, 0.3) is 0 Å². The molecule has 4 nitrogen and oxygen atoms in total. The molecule has 2 fully saturated rings. The summed E-state index contributed by atoms with van der Waals surface area (Å²) >= 11 is 0. The van der Waals surface area contributed by atoms with Crippen LogP contribution in [0.2, 0.25) is 0 Å². The van der Waals surface area contributed by atoms with Gasteiger partial charge in [-0.3, -0.25) is 9.80 Å². The monoisotopic (exact) mass is 289 g/mol. The first-order valence-corrected chi connectivity index (χ1v) is 8.09. The summed E-state index contributed by atoms with van der Waals surface area (Å²) in [6, 6.07) is 11.1. The molecule has 1 aromatic carbocycles. The molecule has 2 unspecified atom stereocenters. The fourth-order valence-corrected chi connectivity index (χ4v) is 3.87. The van der Waals surface area contributed by atoms with Crippen molar-refractivity contribution in [3.63, 3.8) is 0 Å². The summed E-state index contributed by atoms with van der Waals surface area (Å²) in [5, 5.41) is 13.4. The molecule has 0 saturated carbocycles. The maximum atomic E-state index is 10.0. The highest BCUT2D eigenvalue weighted by Crippen LogP contribution is 2.26. The minimum absolute atomic E-state index is 0.123. The quantitative estimate of drug-likeness (QED) is 0.844. The molecular formula is C17H27N3O. The number of hydrogen-bond acceptors (Lipinski definition) is 4. The third-order valence-corrected chi connectivity index (χ3v) is 5.24. The molecule has 2 saturated heterocycles. The van der Waals surface area contributed by atoms with Gasteiger partial charge in [0, 0.05) is 32.2 Å². The van der Waals surface area contributed by atoms with Gasteiger partial charge in [0.15, 0.2) is 0 Å². The van der Waals surface area contributed by atoms with Crippen molar-refractivity contribution in [1.82, 2.24) is 15.1 Å². The summed E-state index contributed by atoms with van der Waals surface area (Å²) in [5.74, 6) is 0. The van der Waals surface area contributed by atoms with Crippen LogP contribution in [0, 0.1) is 0 Å². The Morgan fingerprint density at radius 1 is 1.24 bits per heavy atom. The average molecular weight is 289 g/mol. The summed E-state index contributed by atoms with van der Waals surface area (Å²) in [6.07, 6.45) is 2.67. The molecule has 3 rings (SSSR count). The smallest absolute Gasteiger partial charge is 0.0795 e. The van der Waals surface area contributed by atoms with E-state index >= 15 is 0 Å². The van der Waals surface area contributed by atoms with Crippen molar-refractivity contribution in [1.29, 1.82) is 0 Å². The fourth-order valence-electron chi connectivity index (χ4n) is 3.87. The second-order valence-corrected chi connectivity index (χ2v) is 6.42. The first-order valence-electron chi connectivity index (χ1n) is 8.09. The predicted octanol–water partition coefficient (Wildman–Crippen LogP) is 0.874. The number of nitrogens with one attached hydrogen (secondary N) is 1. The maximum absolute atomic E-state index is 10.0. The minimum atomic E-state index is -0.359. The number of fused-ring (bicyclic) bond motifs is 1. The van der Waals surface area contributed by atoms with E-state index in [2.05, 4.69) is 27.2 Å². The molecule has 4 heteroatoms. The van der Waals surface area contributed by atoms with E-state index in [1.54, 1.807) is 0 Å². The number of piperazine rings is 1. The van der Waals surface area contributed by atoms with Crippen LogP contribution in [0.1, 0.15) is 18.4 Å². The SMILES string of the molecule is CNC(CO)(CN1CCN2CCCC2C1)c1ccccc1. The van der Waals surface area contributed by atoms with Crippen LogP contribution in [0.5, 0.6) is 0 Å². The van der Waals surface area contributed by atoms with Gasteiger partial charge >= 0.3 is 0 Å². The van der Waals surface area contributed by atoms with Crippen LogP contribution >= 0.6 is 0 Å². The van der Waals surface area contributed by atoms with E-state index in [4.69, 9.17) is 0 Å². The molecule has 0 aromatic heterocycles. The van der Waals surface area contributed by atoms with Crippen LogP contribution in [0.4, 0.5) is 0 Å². The van der Waals surface area contributed by atoms with E-state index in [1.165, 1.54) is 31.5 Å². The van der Waals surface area contributed by atoms with Crippen molar-refractivity contribution in [2.45, 2.75) is 24.4 Å². The largest absolute Gasteiger partial charge is 0.394 e. The molecule has 0 bridgehead atoms. The van der Waals surface area contributed by atoms with Crippen molar-refractivity contribution in [2.75, 3.05) is 46.4 Å². The number of hydrogen-bond donors (Lipinski definition) is 2. The second-order valence-electron chi connectivity index (χ2n) is 6.42. The first-order chi connectivity index (χ1) is 10.3. The summed E-state index contributed by atoms with van der Waals surface area (Å²) in [4.78, 5) is 5.14. The molecule has 2 N–H and O–H groups in total. The van der Waals surface area contributed by atoms with Crippen LogP contribution in [-0.2, 0) is 5.54 Å². The number of nitrogens with zero attached hydrogens (tertiary/aromatic N) is 2. The molecule has 2 heterocycles. The Morgan fingerprint density at radius 2 is 2.05 bits per heavy atom. The van der Waals surface area contributed by atoms with E-state index < -0.39 is 0 Å². The zero-order valence-corrected chi connectivity index (χ0v) is 13.0. The number of rotatable bonds is 5. The summed E-state index contributed by atoms with van der Waals surface area (Å²) in [7, 11) is 1.95. The second kappa shape index (κ2) is 6.44. The Morgan fingerprint density at radius 3 is 2.76 bits per heavy atom. The lowest BCUT2D eigenvalue weighted by molar-refractivity contribution is 0.0573. The van der Waals surface area contributed by atoms with Crippen LogP contribution in [0.15, 0.2) is 30.3 Å². The lowest BCUT2D eigenvalue weighted by Gasteiger charge is -2.43. The highest BCUT2D eigenvalue weighted by Gasteiger charge is 2.36. The zero-order valence-electron chi connectivity index (χ0n) is 13.0. The number of aliphatic hydroxyl groups excluding tert-OH is 1. The Balaban J connectivity index is 1.73. The van der Waals surface area contributed by atoms with Crippen molar-refractivity contribution in [3.8, 4) is 0 Å². The van der Waals surface area contributed by atoms with Gasteiger partial charge in [-0.05, 0) is 32.0 Å². The van der Waals surface area contributed by atoms with Gasteiger partial charge in [0.2, 0.25) is 0 Å². The topological polar surface area (TPSA) is 38.7 Å². The molecule has 2 aliphatic rings. The van der Waals surface area contributed by atoms with Crippen LogP contribution < -0.4 is 5.32 Å². The fraction of sp³-hybridized carbons (Fsp3) is 0.647. The molecule has 1 aromatic rings. The molecule has 2 aliphatic heterocycles. The number of benzene rings is 1. The molecule has 21 heavy (non-hydrogen) atoms. The standard InChI is InChI=1S/C17H27N3O/c1-18-17(14-21,15-6-3-2-4-7-15)13-19-10-11-20-9-5-8-16(20)12-19/h2-4,6-7,16,18,21H,5,8-14H2,1H3. The van der Waals surface area contributed by atoms with Crippen molar-refractivity contribution >= 4 is 0 Å². The number of likely N-dealkylation sites (N-methyl/N-ethyl adjacent to an activating group) is 1. The molecular weight excluding hydrogens is 262 g/mol. The summed E-state index contributed by atoms with van der Waals surface area (Å²) < 4.78 is 0. The summed E-state index contributed by atoms with van der Waals surface area (Å²) in [5.41, 5.74) is 0.811. The van der Waals surface area contributed by atoms with Crippen LogP contribution in [0.25, 0.3) is 0 Å². The minimum Gasteiger partial charge on any atom is -0.394 e. The normalized spacial score (nSPS) is 26.5. The molecule has 2 atom stereocenters. The van der Waals surface area contributed by atoms with Gasteiger partial charge in [-0.15, -0.1) is 0 Å². The van der Waals surface area contributed by atoms with Crippen LogP contribution in [0.3, 0.4) is 0 Å². The third kappa shape index (κ3) is 2.99. The van der Waals surface area contributed by atoms with Gasteiger partial charge in [-0.2, -0.15) is 0 Å². The Kier molecular flexibility index (Phi) is 4.60. The van der Waals surface area contributed by atoms with Crippen molar-refractivity contribution < 1.29 is 5.11 Å². The van der Waals surface area contributed by atoms with Gasteiger partial charge in [0.05, 0.1) is 12.1 Å². The molecule has 0 aliphatic carbocycles. The van der Waals surface area contributed by atoms with Gasteiger partial charge in [-0.1, -0.05) is 30.3 Å². The van der Waals surface area contributed by atoms with Crippen molar-refractivity contribution in [2.24, 2.45) is 0 Å². The highest BCUT2D eigenvalue weighted by atomic mass is 16.3. The highest BCUT2D eigenvalue weighted by molar-refractivity contribution is 5.25. The van der Waals surface area contributed by atoms with E-state index in [-0.39, 0.29) is 12.1 Å². The Labute approximate surface area is 127 Å². The number of aliphatic hydroxyl groups is 1. The third-order valence-electron chi connectivity index (χ3n) is 5.24. The van der Waals surface area contributed by atoms with Gasteiger partial charge < -0.3 is 10.4 Å². The van der Waals surface area contributed by atoms with Crippen LogP contribution in [-0.4, -0.2) is 67.3 Å². The van der Waals surface area contributed by atoms with Gasteiger partial charge in [-0.25, -0.2) is 0 Å². The van der Waals surface area contributed by atoms with Crippen molar-refractivity contribution in [3.05, 3.63) is 35.9 Å². The van der Waals surface area contributed by atoms with E-state index in [0.717, 1.165) is 25.7 Å². The van der Waals surface area contributed by atoms with E-state index in [1.807, 2.05) is 25.2 Å². The van der Waals surface area contributed by atoms with Gasteiger partial charge in [0.1, 0.15) is 0 Å². The maximum Gasteiger partial charge on any atom is 0.0795 e. The Bertz CT molecular complexity index is 447. The van der Waals surface area contributed by atoms with E-state index in [9.17, 15) is 5.11 Å². The predicted molar refractivity (Wildman–Crippen MR) is 85.3 cm³/mol. The summed E-state index contributed by atoms with van der Waals surface area (Å²) in [6.45, 7) is 5.68. The molecule has 0 spiro atoms. The first kappa shape index (κ1) is 15.0. The lowest BCUT2D eigenvalue weighted by Crippen LogP contribution is -2.58. The molecule has 0 radical (unpaired) electrons. The lowest BCUT2D eigenvalue weighted by atomic mass is 9.89.